The average molecular weight is 516 g/mol. The van der Waals surface area contributed by atoms with Crippen molar-refractivity contribution in [2.45, 2.75) is 20.4 Å². The molecular weight excluding hydrogens is 491 g/mol. The van der Waals surface area contributed by atoms with E-state index in [4.69, 9.17) is 9.47 Å². The summed E-state index contributed by atoms with van der Waals surface area (Å²) in [7, 11) is 0. The Hall–Kier alpha value is -2.74. The number of carbonyl (C=O) groups is 1. The van der Waals surface area contributed by atoms with Crippen molar-refractivity contribution in [3.63, 3.8) is 0 Å². The molecule has 0 unspecified atom stereocenters. The lowest BCUT2D eigenvalue weighted by atomic mass is 10.2. The normalized spacial score (nSPS) is 10.4. The summed E-state index contributed by atoms with van der Waals surface area (Å²) in [5.41, 5.74) is 4.10. The van der Waals surface area contributed by atoms with Crippen LogP contribution >= 0.6 is 22.6 Å². The molecule has 0 spiro atoms. The first-order chi connectivity index (χ1) is 14.5. The van der Waals surface area contributed by atoms with Crippen LogP contribution < -0.4 is 20.1 Å². The first-order valence-corrected chi connectivity index (χ1v) is 10.9. The molecule has 3 aromatic rings. The van der Waals surface area contributed by atoms with Gasteiger partial charge in [0.2, 0.25) is 0 Å². The largest absolute Gasteiger partial charge is 0.490 e. The van der Waals surface area contributed by atoms with Crippen LogP contribution in [0.4, 0.5) is 11.4 Å². The number of nitrogens with one attached hydrogen (secondary N) is 2. The maximum atomic E-state index is 12.2. The molecule has 0 heterocycles. The zero-order chi connectivity index (χ0) is 21.3. The fourth-order valence-corrected chi connectivity index (χ4v) is 3.68. The molecule has 6 heteroatoms. The molecule has 3 aromatic carbocycles. The fourth-order valence-electron chi connectivity index (χ4n) is 2.86. The third-order valence-electron chi connectivity index (χ3n) is 4.32. The van der Waals surface area contributed by atoms with Crippen molar-refractivity contribution in [2.75, 3.05) is 23.8 Å². The summed E-state index contributed by atoms with van der Waals surface area (Å²) >= 11 is 2.22. The predicted octanol–water partition coefficient (Wildman–Crippen LogP) is 5.63. The molecule has 2 N–H and O–H groups in total. The summed E-state index contributed by atoms with van der Waals surface area (Å²) in [6, 6.07) is 21.6. The number of rotatable bonds is 9. The molecule has 156 valence electrons. The Balaban J connectivity index is 1.66. The molecule has 0 aliphatic heterocycles. The molecule has 0 bridgehead atoms. The average Bonchev–Trinajstić information content (AvgIpc) is 2.74. The Kier molecular flexibility index (Phi) is 7.96. The van der Waals surface area contributed by atoms with Crippen LogP contribution in [0.25, 0.3) is 0 Å². The van der Waals surface area contributed by atoms with E-state index in [1.54, 1.807) is 0 Å². The van der Waals surface area contributed by atoms with Crippen LogP contribution in [0.15, 0.2) is 66.7 Å². The summed E-state index contributed by atoms with van der Waals surface area (Å²) in [6.45, 7) is 5.08. The number of halogens is 1. The zero-order valence-electron chi connectivity index (χ0n) is 17.1. The monoisotopic (exact) mass is 516 g/mol. The molecule has 0 radical (unpaired) electrons. The summed E-state index contributed by atoms with van der Waals surface area (Å²) in [5, 5.41) is 6.24. The topological polar surface area (TPSA) is 59.6 Å². The van der Waals surface area contributed by atoms with E-state index in [1.165, 1.54) is 5.56 Å². The maximum absolute atomic E-state index is 12.2. The van der Waals surface area contributed by atoms with Gasteiger partial charge in [-0.15, -0.1) is 0 Å². The Morgan fingerprint density at radius 1 is 0.967 bits per heavy atom. The van der Waals surface area contributed by atoms with Crippen molar-refractivity contribution in [1.82, 2.24) is 0 Å². The highest BCUT2D eigenvalue weighted by Gasteiger charge is 2.14. The van der Waals surface area contributed by atoms with E-state index in [0.717, 1.165) is 20.5 Å². The predicted molar refractivity (Wildman–Crippen MR) is 129 cm³/mol. The molecule has 0 aliphatic carbocycles. The van der Waals surface area contributed by atoms with Crippen LogP contribution in [0.3, 0.4) is 0 Å². The smallest absolute Gasteiger partial charge is 0.262 e. The first-order valence-electron chi connectivity index (χ1n) is 9.78. The zero-order valence-corrected chi connectivity index (χ0v) is 19.2. The quantitative estimate of drug-likeness (QED) is 0.362. The Morgan fingerprint density at radius 2 is 1.70 bits per heavy atom. The molecular formula is C24H25IN2O3. The highest BCUT2D eigenvalue weighted by atomic mass is 127. The van der Waals surface area contributed by atoms with Gasteiger partial charge in [0, 0.05) is 17.9 Å². The first kappa shape index (κ1) is 22.0. The van der Waals surface area contributed by atoms with Gasteiger partial charge in [0.05, 0.1) is 10.2 Å². The summed E-state index contributed by atoms with van der Waals surface area (Å²) < 4.78 is 12.5. The fraction of sp³-hybridized carbons (Fsp3) is 0.208. The van der Waals surface area contributed by atoms with Gasteiger partial charge in [-0.05, 0) is 78.4 Å². The van der Waals surface area contributed by atoms with Crippen molar-refractivity contribution >= 4 is 39.9 Å². The van der Waals surface area contributed by atoms with Crippen LogP contribution in [0.1, 0.15) is 18.1 Å². The SMILES string of the molecule is CCOc1cc(CNc2ccc(C)cc2)cc(I)c1OCC(=O)Nc1ccccc1. The van der Waals surface area contributed by atoms with Crippen molar-refractivity contribution in [3.8, 4) is 11.5 Å². The van der Waals surface area contributed by atoms with Crippen LogP contribution in [0, 0.1) is 10.5 Å². The number of benzene rings is 3. The molecule has 0 atom stereocenters. The number of ether oxygens (including phenoxy) is 2. The summed E-state index contributed by atoms with van der Waals surface area (Å²) in [4.78, 5) is 12.2. The Bertz CT molecular complexity index is 976. The molecule has 5 nitrogen and oxygen atoms in total. The van der Waals surface area contributed by atoms with E-state index < -0.39 is 0 Å². The van der Waals surface area contributed by atoms with Crippen molar-refractivity contribution in [1.29, 1.82) is 0 Å². The number of amides is 1. The van der Waals surface area contributed by atoms with Gasteiger partial charge in [-0.1, -0.05) is 35.9 Å². The van der Waals surface area contributed by atoms with Crippen molar-refractivity contribution < 1.29 is 14.3 Å². The van der Waals surface area contributed by atoms with E-state index in [9.17, 15) is 4.79 Å². The summed E-state index contributed by atoms with van der Waals surface area (Å²) in [6.07, 6.45) is 0. The number of para-hydroxylation sites is 1. The lowest BCUT2D eigenvalue weighted by Crippen LogP contribution is -2.20. The van der Waals surface area contributed by atoms with Gasteiger partial charge in [-0.2, -0.15) is 0 Å². The van der Waals surface area contributed by atoms with E-state index in [2.05, 4.69) is 64.4 Å². The molecule has 0 saturated heterocycles. The molecule has 30 heavy (non-hydrogen) atoms. The van der Waals surface area contributed by atoms with Crippen LogP contribution in [-0.2, 0) is 11.3 Å². The van der Waals surface area contributed by atoms with Gasteiger partial charge in [0.1, 0.15) is 0 Å². The number of hydrogen-bond donors (Lipinski definition) is 2. The third-order valence-corrected chi connectivity index (χ3v) is 5.12. The van der Waals surface area contributed by atoms with Crippen LogP contribution in [-0.4, -0.2) is 19.1 Å². The molecule has 0 fully saturated rings. The molecule has 1 amide bonds. The maximum Gasteiger partial charge on any atom is 0.262 e. The second-order valence-corrected chi connectivity index (χ2v) is 7.92. The minimum Gasteiger partial charge on any atom is -0.490 e. The van der Waals surface area contributed by atoms with Gasteiger partial charge in [0.25, 0.3) is 5.91 Å². The number of anilines is 2. The van der Waals surface area contributed by atoms with Gasteiger partial charge >= 0.3 is 0 Å². The molecule has 0 saturated carbocycles. The molecule has 3 rings (SSSR count). The minimum absolute atomic E-state index is 0.0913. The van der Waals surface area contributed by atoms with E-state index in [-0.39, 0.29) is 12.5 Å². The standard InChI is InChI=1S/C24H25IN2O3/c1-3-29-22-14-18(15-26-19-11-9-17(2)10-12-19)13-21(25)24(22)30-16-23(28)27-20-7-5-4-6-8-20/h4-14,26H,3,15-16H2,1-2H3,(H,27,28). The van der Waals surface area contributed by atoms with Crippen molar-refractivity contribution in [3.05, 3.63) is 81.4 Å². The van der Waals surface area contributed by atoms with Crippen LogP contribution in [0.5, 0.6) is 11.5 Å². The van der Waals surface area contributed by atoms with Crippen LogP contribution in [0.2, 0.25) is 0 Å². The Labute approximate surface area is 190 Å². The highest BCUT2D eigenvalue weighted by molar-refractivity contribution is 14.1. The lowest BCUT2D eigenvalue weighted by molar-refractivity contribution is -0.118. The third kappa shape index (κ3) is 6.38. The van der Waals surface area contributed by atoms with E-state index in [0.29, 0.717) is 24.7 Å². The van der Waals surface area contributed by atoms with E-state index >= 15 is 0 Å². The minimum atomic E-state index is -0.218. The number of carbonyl (C=O) groups excluding carboxylic acids is 1. The van der Waals surface area contributed by atoms with Gasteiger partial charge < -0.3 is 20.1 Å². The molecule has 0 aliphatic rings. The second-order valence-electron chi connectivity index (χ2n) is 6.76. The van der Waals surface area contributed by atoms with Crippen molar-refractivity contribution in [2.24, 2.45) is 0 Å². The summed E-state index contributed by atoms with van der Waals surface area (Å²) in [5.74, 6) is 1.00. The van der Waals surface area contributed by atoms with E-state index in [1.807, 2.05) is 49.4 Å². The van der Waals surface area contributed by atoms with Gasteiger partial charge in [-0.3, -0.25) is 4.79 Å². The highest BCUT2D eigenvalue weighted by Crippen LogP contribution is 2.34. The second kappa shape index (κ2) is 10.9. The number of hydrogen-bond acceptors (Lipinski definition) is 4. The number of aryl methyl sites for hydroxylation is 1. The molecule has 0 aromatic heterocycles. The van der Waals surface area contributed by atoms with Gasteiger partial charge in [-0.25, -0.2) is 0 Å². The van der Waals surface area contributed by atoms with Gasteiger partial charge in [0.15, 0.2) is 18.1 Å². The lowest BCUT2D eigenvalue weighted by Gasteiger charge is -2.16. The Morgan fingerprint density at radius 3 is 2.40 bits per heavy atom.